The molecule has 0 aromatic rings. The molecule has 4 heteroatoms. The SMILES string of the molecule is CN(C)C(=S)S.[Bi]. The maximum atomic E-state index is 4.61. The number of hydrogen-bond donors (Lipinski definition) is 1. The molecule has 7 heavy (non-hydrogen) atoms. The summed E-state index contributed by atoms with van der Waals surface area (Å²) in [4.78, 5) is 1.76. The van der Waals surface area contributed by atoms with E-state index in [1.807, 2.05) is 14.1 Å². The minimum Gasteiger partial charge on any atom is -0.364 e. The normalized spacial score (nSPS) is 6.71. The van der Waals surface area contributed by atoms with Crippen LogP contribution in [0.4, 0.5) is 0 Å². The number of nitrogens with zero attached hydrogens (tertiary/aromatic N) is 1. The van der Waals surface area contributed by atoms with Gasteiger partial charge in [0.2, 0.25) is 0 Å². The summed E-state index contributed by atoms with van der Waals surface area (Å²) in [7, 11) is 3.71. The molecule has 0 bridgehead atoms. The summed E-state index contributed by atoms with van der Waals surface area (Å²) in [5.74, 6) is 0. The van der Waals surface area contributed by atoms with E-state index in [1.54, 1.807) is 4.90 Å². The van der Waals surface area contributed by atoms with Gasteiger partial charge in [-0.1, -0.05) is 12.2 Å². The van der Waals surface area contributed by atoms with E-state index >= 15 is 0 Å². The fourth-order valence-electron chi connectivity index (χ4n) is 0. The Morgan fingerprint density at radius 2 is 1.71 bits per heavy atom. The fourth-order valence-corrected chi connectivity index (χ4v) is 0. The van der Waals surface area contributed by atoms with E-state index in [9.17, 15) is 0 Å². The Morgan fingerprint density at radius 1 is 1.57 bits per heavy atom. The molecule has 0 unspecified atom stereocenters. The van der Waals surface area contributed by atoms with Crippen molar-refractivity contribution in [3.8, 4) is 0 Å². The zero-order valence-electron chi connectivity index (χ0n) is 4.25. The Hall–Kier alpha value is 1.12. The van der Waals surface area contributed by atoms with Crippen molar-refractivity contribution in [3.05, 3.63) is 0 Å². The topological polar surface area (TPSA) is 3.24 Å². The first kappa shape index (κ1) is 11.0. The molecule has 1 nitrogen and oxygen atoms in total. The van der Waals surface area contributed by atoms with Crippen LogP contribution in [0.25, 0.3) is 0 Å². The molecular weight excluding hydrogens is 323 g/mol. The molecule has 41 valence electrons. The molecule has 0 aliphatic rings. The second-order valence-corrected chi connectivity index (χ2v) is 2.29. The van der Waals surface area contributed by atoms with Crippen molar-refractivity contribution in [2.75, 3.05) is 14.1 Å². The minimum absolute atomic E-state index is 0. The minimum atomic E-state index is 0. The molecule has 0 saturated heterocycles. The van der Waals surface area contributed by atoms with Crippen LogP contribution in [-0.4, -0.2) is 49.5 Å². The summed E-state index contributed by atoms with van der Waals surface area (Å²) in [5.41, 5.74) is 0. The van der Waals surface area contributed by atoms with Gasteiger partial charge >= 0.3 is 0 Å². The van der Waals surface area contributed by atoms with Crippen molar-refractivity contribution >= 4 is 55.4 Å². The molecule has 3 radical (unpaired) electrons. The van der Waals surface area contributed by atoms with E-state index in [-0.39, 0.29) is 26.2 Å². The van der Waals surface area contributed by atoms with E-state index in [4.69, 9.17) is 0 Å². The molecule has 0 rings (SSSR count). The molecule has 0 fully saturated rings. The van der Waals surface area contributed by atoms with Crippen molar-refractivity contribution in [1.82, 2.24) is 4.90 Å². The monoisotopic (exact) mass is 330 g/mol. The summed E-state index contributed by atoms with van der Waals surface area (Å²) in [6, 6.07) is 0. The van der Waals surface area contributed by atoms with Gasteiger partial charge in [-0.15, -0.1) is 12.6 Å². The predicted molar refractivity (Wildman–Crippen MR) is 41.0 cm³/mol. The largest absolute Gasteiger partial charge is 0.364 e. The summed E-state index contributed by atoms with van der Waals surface area (Å²) < 4.78 is 0.620. The molecule has 0 heterocycles. The van der Waals surface area contributed by atoms with E-state index in [0.717, 1.165) is 0 Å². The van der Waals surface area contributed by atoms with Gasteiger partial charge in [-0.05, 0) is 0 Å². The van der Waals surface area contributed by atoms with Crippen LogP contribution in [0.1, 0.15) is 0 Å². The Morgan fingerprint density at radius 3 is 1.71 bits per heavy atom. The van der Waals surface area contributed by atoms with Crippen molar-refractivity contribution in [2.45, 2.75) is 0 Å². The first-order valence-electron chi connectivity index (χ1n) is 1.55. The first-order valence-corrected chi connectivity index (χ1v) is 2.40. The summed E-state index contributed by atoms with van der Waals surface area (Å²) >= 11 is 8.46. The van der Waals surface area contributed by atoms with Gasteiger partial charge in [-0.2, -0.15) is 0 Å². The second-order valence-electron chi connectivity index (χ2n) is 1.18. The molecule has 0 aliphatic heterocycles. The summed E-state index contributed by atoms with van der Waals surface area (Å²) in [5, 5.41) is 0. The first-order chi connectivity index (χ1) is 2.64. The van der Waals surface area contributed by atoms with E-state index in [1.165, 1.54) is 0 Å². The van der Waals surface area contributed by atoms with Gasteiger partial charge in [0.15, 0.2) is 0 Å². The van der Waals surface area contributed by atoms with Gasteiger partial charge in [-0.25, -0.2) is 0 Å². The van der Waals surface area contributed by atoms with Crippen molar-refractivity contribution in [1.29, 1.82) is 0 Å². The fraction of sp³-hybridized carbons (Fsp3) is 0.667. The molecule has 0 saturated carbocycles. The number of thiol groups is 1. The third-order valence-corrected chi connectivity index (χ3v) is 1.15. The Balaban J connectivity index is 0. The predicted octanol–water partition coefficient (Wildman–Crippen LogP) is 0.382. The third-order valence-electron chi connectivity index (χ3n) is 0.383. The summed E-state index contributed by atoms with van der Waals surface area (Å²) in [6.07, 6.45) is 0. The van der Waals surface area contributed by atoms with Crippen LogP contribution in [0.15, 0.2) is 0 Å². The van der Waals surface area contributed by atoms with Crippen LogP contribution in [0.5, 0.6) is 0 Å². The van der Waals surface area contributed by atoms with Crippen LogP contribution in [0, 0.1) is 0 Å². The Bertz CT molecular complexity index is 64.0. The van der Waals surface area contributed by atoms with Gasteiger partial charge in [0.25, 0.3) is 0 Å². The maximum absolute atomic E-state index is 4.61. The van der Waals surface area contributed by atoms with Gasteiger partial charge in [0.05, 0.1) is 0 Å². The molecule has 0 spiro atoms. The van der Waals surface area contributed by atoms with Crippen molar-refractivity contribution in [2.24, 2.45) is 0 Å². The molecule has 0 aliphatic carbocycles. The number of thiocarbonyl (C=S) groups is 1. The van der Waals surface area contributed by atoms with E-state index in [0.29, 0.717) is 4.32 Å². The quantitative estimate of drug-likeness (QED) is 0.389. The van der Waals surface area contributed by atoms with Crippen molar-refractivity contribution < 1.29 is 0 Å². The molecule has 0 amide bonds. The molecular formula is C3H7BiNS2. The average Bonchev–Trinajstić information content (AvgIpc) is 1.36. The van der Waals surface area contributed by atoms with Crippen LogP contribution in [0.3, 0.4) is 0 Å². The molecule has 0 N–H and O–H groups in total. The van der Waals surface area contributed by atoms with Crippen LogP contribution in [-0.2, 0) is 0 Å². The van der Waals surface area contributed by atoms with Gasteiger partial charge in [0.1, 0.15) is 4.32 Å². The standard InChI is InChI=1S/C3H7NS2.Bi/c1-4(2)3(5)6;/h1-2H3,(H,5,6);. The Labute approximate surface area is 74.0 Å². The van der Waals surface area contributed by atoms with Gasteiger partial charge in [0, 0.05) is 40.3 Å². The zero-order chi connectivity index (χ0) is 5.15. The Kier molecular flexibility index (Phi) is 8.27. The van der Waals surface area contributed by atoms with Gasteiger partial charge in [-0.3, -0.25) is 0 Å². The molecule has 0 aromatic heterocycles. The summed E-state index contributed by atoms with van der Waals surface area (Å²) in [6.45, 7) is 0. The second kappa shape index (κ2) is 5.26. The van der Waals surface area contributed by atoms with E-state index < -0.39 is 0 Å². The molecule has 0 aromatic carbocycles. The average molecular weight is 330 g/mol. The van der Waals surface area contributed by atoms with Crippen LogP contribution in [0.2, 0.25) is 0 Å². The molecule has 0 atom stereocenters. The number of hydrogen-bond acceptors (Lipinski definition) is 1. The van der Waals surface area contributed by atoms with Crippen LogP contribution >= 0.6 is 24.8 Å². The van der Waals surface area contributed by atoms with Crippen molar-refractivity contribution in [3.63, 3.8) is 0 Å². The third kappa shape index (κ3) is 7.12. The maximum Gasteiger partial charge on any atom is 0.132 e. The van der Waals surface area contributed by atoms with E-state index in [2.05, 4.69) is 24.8 Å². The smallest absolute Gasteiger partial charge is 0.132 e. The zero-order valence-corrected chi connectivity index (χ0v) is 9.44. The van der Waals surface area contributed by atoms with Gasteiger partial charge < -0.3 is 4.90 Å². The number of rotatable bonds is 0. The van der Waals surface area contributed by atoms with Crippen LogP contribution < -0.4 is 0 Å².